The number of hydrogen-bond acceptors (Lipinski definition) is 5. The number of pyridine rings is 2. The second-order valence-corrected chi connectivity index (χ2v) is 7.82. The van der Waals surface area contributed by atoms with E-state index >= 15 is 0 Å². The minimum absolute atomic E-state index is 0.902. The summed E-state index contributed by atoms with van der Waals surface area (Å²) >= 11 is 0. The standard InChI is InChI=1S/C27H27N5/c1-19-16-25(12-14-29-19)31-23-9-5-21(6-10-23)4-7-22-8-11-24(18-27(22)28-3)32-26-13-15-30-20(2)17-26/h5-6,8-18H,3-4,7H2,1-2H3,(H,29,31)(H,30,32). The summed E-state index contributed by atoms with van der Waals surface area (Å²) < 4.78 is 0. The molecule has 0 bridgehead atoms. The van der Waals surface area contributed by atoms with Crippen molar-refractivity contribution in [2.45, 2.75) is 26.7 Å². The summed E-state index contributed by atoms with van der Waals surface area (Å²) in [5.41, 5.74) is 9.46. The van der Waals surface area contributed by atoms with Gasteiger partial charge in [-0.1, -0.05) is 18.2 Å². The Balaban J connectivity index is 1.39. The molecule has 2 N–H and O–H groups in total. The van der Waals surface area contributed by atoms with Crippen molar-refractivity contribution in [3.8, 4) is 0 Å². The molecule has 160 valence electrons. The second kappa shape index (κ2) is 9.88. The maximum Gasteiger partial charge on any atom is 0.0675 e. The average Bonchev–Trinajstić information content (AvgIpc) is 2.79. The van der Waals surface area contributed by atoms with Crippen LogP contribution in [0.25, 0.3) is 0 Å². The SMILES string of the molecule is C=Nc1cc(Nc2ccnc(C)c2)ccc1CCc1ccc(Nc2ccnc(C)c2)cc1. The molecule has 0 spiro atoms. The summed E-state index contributed by atoms with van der Waals surface area (Å²) in [7, 11) is 0. The van der Waals surface area contributed by atoms with Gasteiger partial charge in [0.2, 0.25) is 0 Å². The summed E-state index contributed by atoms with van der Waals surface area (Å²) in [5.74, 6) is 0. The van der Waals surface area contributed by atoms with Crippen molar-refractivity contribution in [2.75, 3.05) is 10.6 Å². The Morgan fingerprint density at radius 1 is 0.688 bits per heavy atom. The molecule has 0 aliphatic heterocycles. The van der Waals surface area contributed by atoms with Crippen LogP contribution in [-0.4, -0.2) is 16.7 Å². The molecule has 4 aromatic rings. The van der Waals surface area contributed by atoms with Crippen molar-refractivity contribution in [1.29, 1.82) is 0 Å². The van der Waals surface area contributed by atoms with E-state index in [0.717, 1.165) is 52.7 Å². The van der Waals surface area contributed by atoms with Gasteiger partial charge in [-0.15, -0.1) is 0 Å². The summed E-state index contributed by atoms with van der Waals surface area (Å²) in [6.45, 7) is 7.74. The molecule has 2 heterocycles. The van der Waals surface area contributed by atoms with E-state index in [-0.39, 0.29) is 0 Å². The van der Waals surface area contributed by atoms with E-state index in [0.29, 0.717) is 0 Å². The lowest BCUT2D eigenvalue weighted by Gasteiger charge is -2.11. The van der Waals surface area contributed by atoms with E-state index in [1.165, 1.54) is 11.1 Å². The first-order valence-electron chi connectivity index (χ1n) is 10.7. The number of aryl methyl sites for hydroxylation is 4. The van der Waals surface area contributed by atoms with E-state index in [2.05, 4.69) is 68.7 Å². The first-order valence-corrected chi connectivity index (χ1v) is 10.7. The van der Waals surface area contributed by atoms with E-state index < -0.39 is 0 Å². The Kier molecular flexibility index (Phi) is 6.56. The molecular formula is C27H27N5. The Morgan fingerprint density at radius 3 is 1.84 bits per heavy atom. The molecule has 32 heavy (non-hydrogen) atoms. The van der Waals surface area contributed by atoms with Gasteiger partial charge >= 0.3 is 0 Å². The first kappa shape index (κ1) is 21.2. The number of hydrogen-bond donors (Lipinski definition) is 2. The quantitative estimate of drug-likeness (QED) is 0.311. The lowest BCUT2D eigenvalue weighted by atomic mass is 10.0. The van der Waals surface area contributed by atoms with Crippen LogP contribution in [-0.2, 0) is 12.8 Å². The molecule has 4 rings (SSSR count). The van der Waals surface area contributed by atoms with Crippen LogP contribution in [0.5, 0.6) is 0 Å². The molecule has 0 radical (unpaired) electrons. The van der Waals surface area contributed by atoms with Gasteiger partial charge in [-0.2, -0.15) is 0 Å². The maximum atomic E-state index is 4.25. The molecule has 5 heteroatoms. The summed E-state index contributed by atoms with van der Waals surface area (Å²) in [6, 6.07) is 22.8. The third-order valence-corrected chi connectivity index (χ3v) is 5.26. The molecule has 0 atom stereocenters. The Hall–Kier alpha value is -3.99. The number of aromatic nitrogens is 2. The van der Waals surface area contributed by atoms with Crippen molar-refractivity contribution < 1.29 is 0 Å². The third kappa shape index (κ3) is 5.58. The summed E-state index contributed by atoms with van der Waals surface area (Å²) in [4.78, 5) is 12.7. The van der Waals surface area contributed by atoms with Crippen LogP contribution in [0.2, 0.25) is 0 Å². The average molecular weight is 422 g/mol. The van der Waals surface area contributed by atoms with Crippen LogP contribution in [0.4, 0.5) is 28.4 Å². The smallest absolute Gasteiger partial charge is 0.0675 e. The van der Waals surface area contributed by atoms with E-state index in [4.69, 9.17) is 0 Å². The number of anilines is 4. The second-order valence-electron chi connectivity index (χ2n) is 7.82. The van der Waals surface area contributed by atoms with Crippen LogP contribution in [0.3, 0.4) is 0 Å². The van der Waals surface area contributed by atoms with Gasteiger partial charge in [-0.25, -0.2) is 0 Å². The molecule has 0 amide bonds. The van der Waals surface area contributed by atoms with Crippen LogP contribution < -0.4 is 10.6 Å². The molecule has 2 aromatic carbocycles. The molecule has 5 nitrogen and oxygen atoms in total. The summed E-state index contributed by atoms with van der Waals surface area (Å²) in [5, 5.41) is 6.83. The topological polar surface area (TPSA) is 62.2 Å². The zero-order valence-electron chi connectivity index (χ0n) is 18.5. The van der Waals surface area contributed by atoms with Crippen molar-refractivity contribution in [2.24, 2.45) is 4.99 Å². The highest BCUT2D eigenvalue weighted by molar-refractivity contribution is 5.66. The van der Waals surface area contributed by atoms with E-state index in [9.17, 15) is 0 Å². The lowest BCUT2D eigenvalue weighted by Crippen LogP contribution is -1.96. The molecule has 0 saturated heterocycles. The van der Waals surface area contributed by atoms with Crippen LogP contribution in [0, 0.1) is 13.8 Å². The fourth-order valence-corrected chi connectivity index (χ4v) is 3.61. The van der Waals surface area contributed by atoms with Gasteiger partial charge in [0.15, 0.2) is 0 Å². The Labute approximate surface area is 189 Å². The molecule has 2 aromatic heterocycles. The molecule has 0 aliphatic rings. The highest BCUT2D eigenvalue weighted by Gasteiger charge is 2.05. The van der Waals surface area contributed by atoms with Gasteiger partial charge in [-0.05, 0) is 93.1 Å². The van der Waals surface area contributed by atoms with Gasteiger partial charge in [0.25, 0.3) is 0 Å². The van der Waals surface area contributed by atoms with Crippen LogP contribution in [0.1, 0.15) is 22.5 Å². The number of aliphatic imine (C=N–C) groups is 1. The van der Waals surface area contributed by atoms with E-state index in [1.54, 1.807) is 6.20 Å². The minimum Gasteiger partial charge on any atom is -0.355 e. The van der Waals surface area contributed by atoms with Crippen molar-refractivity contribution in [1.82, 2.24) is 9.97 Å². The number of nitrogens with zero attached hydrogens (tertiary/aromatic N) is 3. The number of rotatable bonds is 8. The Morgan fingerprint density at radius 2 is 1.25 bits per heavy atom. The molecule has 0 aliphatic carbocycles. The van der Waals surface area contributed by atoms with Gasteiger partial charge in [0.1, 0.15) is 0 Å². The molecular weight excluding hydrogens is 394 g/mol. The molecule has 0 saturated carbocycles. The monoisotopic (exact) mass is 421 g/mol. The number of nitrogens with one attached hydrogen (secondary N) is 2. The van der Waals surface area contributed by atoms with Crippen molar-refractivity contribution in [3.05, 3.63) is 102 Å². The predicted octanol–water partition coefficient (Wildman–Crippen LogP) is 6.70. The Bertz CT molecular complexity index is 1210. The zero-order chi connectivity index (χ0) is 22.3. The van der Waals surface area contributed by atoms with Gasteiger partial charge in [0.05, 0.1) is 5.69 Å². The lowest BCUT2D eigenvalue weighted by molar-refractivity contribution is 0.960. The van der Waals surface area contributed by atoms with Gasteiger partial charge < -0.3 is 10.6 Å². The highest BCUT2D eigenvalue weighted by atomic mass is 14.9. The zero-order valence-corrected chi connectivity index (χ0v) is 18.5. The van der Waals surface area contributed by atoms with Crippen molar-refractivity contribution in [3.63, 3.8) is 0 Å². The maximum absolute atomic E-state index is 4.25. The van der Waals surface area contributed by atoms with Gasteiger partial charge in [-0.3, -0.25) is 15.0 Å². The van der Waals surface area contributed by atoms with Crippen LogP contribution in [0.15, 0.2) is 84.1 Å². The predicted molar refractivity (Wildman–Crippen MR) is 134 cm³/mol. The van der Waals surface area contributed by atoms with Gasteiger partial charge in [0, 0.05) is 46.5 Å². The third-order valence-electron chi connectivity index (χ3n) is 5.26. The highest BCUT2D eigenvalue weighted by Crippen LogP contribution is 2.27. The number of benzene rings is 2. The fraction of sp³-hybridized carbons (Fsp3) is 0.148. The van der Waals surface area contributed by atoms with E-state index in [1.807, 2.05) is 50.4 Å². The molecule has 0 fully saturated rings. The van der Waals surface area contributed by atoms with Crippen molar-refractivity contribution >= 4 is 35.2 Å². The van der Waals surface area contributed by atoms with Crippen LogP contribution >= 0.6 is 0 Å². The largest absolute Gasteiger partial charge is 0.355 e. The summed E-state index contributed by atoms with van der Waals surface area (Å²) in [6.07, 6.45) is 5.46. The fourth-order valence-electron chi connectivity index (χ4n) is 3.61. The molecule has 0 unspecified atom stereocenters. The minimum atomic E-state index is 0.902. The normalized spacial score (nSPS) is 10.6. The first-order chi connectivity index (χ1) is 15.6.